The second kappa shape index (κ2) is 3.47. The standard InChI is InChI=1S/C2H2O3S.Na/c1-2-6(3,4)5;/h1H,(H,3,4,5);/q;+1/p-1. The number of hydrogen-bond donors (Lipinski definition) is 0. The van der Waals surface area contributed by atoms with Gasteiger partial charge in [-0.3, -0.25) is 0 Å². The van der Waals surface area contributed by atoms with Crippen molar-refractivity contribution in [2.75, 3.05) is 0 Å². The Bertz CT molecular complexity index is 162. The largest absolute Gasteiger partial charge is 1.00 e. The fraction of sp³-hybridized carbons (Fsp3) is 0. The predicted octanol–water partition coefficient (Wildman–Crippen LogP) is -3.87. The molecule has 0 unspecified atom stereocenters. The van der Waals surface area contributed by atoms with Crippen LogP contribution in [0.3, 0.4) is 0 Å². The van der Waals surface area contributed by atoms with Crippen LogP contribution in [0.1, 0.15) is 0 Å². The van der Waals surface area contributed by atoms with E-state index in [2.05, 4.69) is 6.42 Å². The van der Waals surface area contributed by atoms with E-state index in [-0.39, 0.29) is 29.6 Å². The van der Waals surface area contributed by atoms with Crippen LogP contribution in [0.15, 0.2) is 0 Å². The van der Waals surface area contributed by atoms with Crippen molar-refractivity contribution in [3.8, 4) is 11.7 Å². The Kier molecular flexibility index (Phi) is 5.18. The first-order chi connectivity index (χ1) is 2.56. The minimum atomic E-state index is -4.38. The first-order valence-electron chi connectivity index (χ1n) is 0.993. The van der Waals surface area contributed by atoms with Crippen molar-refractivity contribution < 1.29 is 42.5 Å². The van der Waals surface area contributed by atoms with Gasteiger partial charge < -0.3 is 4.55 Å². The van der Waals surface area contributed by atoms with Gasteiger partial charge >= 0.3 is 29.6 Å². The third-order valence-electron chi connectivity index (χ3n) is 0.144. The van der Waals surface area contributed by atoms with Gasteiger partial charge in [0, 0.05) is 5.25 Å². The van der Waals surface area contributed by atoms with Gasteiger partial charge in [-0.15, -0.1) is 6.42 Å². The van der Waals surface area contributed by atoms with E-state index in [9.17, 15) is 13.0 Å². The monoisotopic (exact) mass is 128 g/mol. The van der Waals surface area contributed by atoms with Gasteiger partial charge in [-0.2, -0.15) is 0 Å². The molecule has 7 heavy (non-hydrogen) atoms. The molecule has 0 aliphatic heterocycles. The van der Waals surface area contributed by atoms with Crippen LogP contribution in [0.5, 0.6) is 0 Å². The zero-order chi connectivity index (χ0) is 5.21. The smallest absolute Gasteiger partial charge is 0.738 e. The van der Waals surface area contributed by atoms with Crippen molar-refractivity contribution in [1.82, 2.24) is 0 Å². The van der Waals surface area contributed by atoms with Gasteiger partial charge in [0.2, 0.25) is 0 Å². The minimum Gasteiger partial charge on any atom is -0.738 e. The molecule has 0 N–H and O–H groups in total. The van der Waals surface area contributed by atoms with E-state index in [0.29, 0.717) is 0 Å². The fourth-order valence-electron chi connectivity index (χ4n) is 0. The molecule has 0 aromatic carbocycles. The van der Waals surface area contributed by atoms with E-state index in [1.807, 2.05) is 0 Å². The second-order valence-corrected chi connectivity index (χ2v) is 1.72. The predicted molar refractivity (Wildman–Crippen MR) is 18.5 cm³/mol. The molecule has 3 nitrogen and oxygen atoms in total. The van der Waals surface area contributed by atoms with E-state index < -0.39 is 10.1 Å². The summed E-state index contributed by atoms with van der Waals surface area (Å²) in [6, 6.07) is 0. The fourth-order valence-corrected chi connectivity index (χ4v) is 0. The van der Waals surface area contributed by atoms with Crippen molar-refractivity contribution in [2.24, 2.45) is 0 Å². The molecule has 0 rings (SSSR count). The number of rotatable bonds is 0. The van der Waals surface area contributed by atoms with E-state index >= 15 is 0 Å². The van der Waals surface area contributed by atoms with Crippen LogP contribution in [0.4, 0.5) is 0 Å². The molecule has 0 saturated heterocycles. The molecule has 0 aromatic rings. The third kappa shape index (κ3) is 10.7. The molecule has 0 spiro atoms. The molecule has 0 atom stereocenters. The molecule has 0 aromatic heterocycles. The summed E-state index contributed by atoms with van der Waals surface area (Å²) in [4.78, 5) is 0. The number of terminal acetylenes is 1. The molecule has 0 amide bonds. The normalized spacial score (nSPS) is 8.57. The van der Waals surface area contributed by atoms with Crippen molar-refractivity contribution in [1.29, 1.82) is 0 Å². The van der Waals surface area contributed by atoms with E-state index in [0.717, 1.165) is 5.25 Å². The average molecular weight is 128 g/mol. The molecular formula is C2HNaO3S. The SMILES string of the molecule is C#CS(=O)(=O)[O-].[Na+]. The summed E-state index contributed by atoms with van der Waals surface area (Å²) in [5.41, 5.74) is 0. The molecule has 34 valence electrons. The summed E-state index contributed by atoms with van der Waals surface area (Å²) >= 11 is 0. The maximum Gasteiger partial charge on any atom is 1.00 e. The van der Waals surface area contributed by atoms with Gasteiger partial charge in [-0.1, -0.05) is 0 Å². The zero-order valence-electron chi connectivity index (χ0n) is 3.71. The first-order valence-corrected chi connectivity index (χ1v) is 2.40. The van der Waals surface area contributed by atoms with Crippen LogP contribution in [0.25, 0.3) is 0 Å². The van der Waals surface area contributed by atoms with Gasteiger partial charge in [0.25, 0.3) is 0 Å². The number of hydrogen-bond acceptors (Lipinski definition) is 3. The quantitative estimate of drug-likeness (QED) is 0.190. The van der Waals surface area contributed by atoms with Crippen molar-refractivity contribution in [3.05, 3.63) is 0 Å². The molecule has 0 saturated carbocycles. The molecule has 0 bridgehead atoms. The minimum absolute atomic E-state index is 0. The van der Waals surface area contributed by atoms with Crippen LogP contribution in [-0.4, -0.2) is 13.0 Å². The van der Waals surface area contributed by atoms with Gasteiger partial charge in [-0.25, -0.2) is 8.42 Å². The molecular weight excluding hydrogens is 127 g/mol. The van der Waals surface area contributed by atoms with Gasteiger partial charge in [0.1, 0.15) is 0 Å². The third-order valence-corrected chi connectivity index (χ3v) is 0.433. The van der Waals surface area contributed by atoms with Crippen LogP contribution in [0.2, 0.25) is 0 Å². The van der Waals surface area contributed by atoms with Gasteiger partial charge in [0.05, 0.1) is 0 Å². The summed E-state index contributed by atoms with van der Waals surface area (Å²) in [5, 5.41) is 1.02. The molecule has 0 heterocycles. The summed E-state index contributed by atoms with van der Waals surface area (Å²) in [6.07, 6.45) is 4.16. The Labute approximate surface area is 64.1 Å². The first kappa shape index (κ1) is 10.5. The Morgan fingerprint density at radius 2 is 1.71 bits per heavy atom. The maximum absolute atomic E-state index is 9.21. The van der Waals surface area contributed by atoms with E-state index in [1.54, 1.807) is 0 Å². The Morgan fingerprint density at radius 1 is 1.57 bits per heavy atom. The summed E-state index contributed by atoms with van der Waals surface area (Å²) in [7, 11) is -4.38. The van der Waals surface area contributed by atoms with Gasteiger partial charge in [-0.05, 0) is 0 Å². The summed E-state index contributed by atoms with van der Waals surface area (Å²) in [5.74, 6) is 0. The van der Waals surface area contributed by atoms with Crippen LogP contribution in [0, 0.1) is 11.7 Å². The summed E-state index contributed by atoms with van der Waals surface area (Å²) in [6.45, 7) is 0. The zero-order valence-corrected chi connectivity index (χ0v) is 6.53. The Hall–Kier alpha value is 0.470. The molecule has 0 fully saturated rings. The topological polar surface area (TPSA) is 57.2 Å². The molecule has 0 aliphatic rings. The van der Waals surface area contributed by atoms with Crippen molar-refractivity contribution in [2.45, 2.75) is 0 Å². The van der Waals surface area contributed by atoms with Crippen LogP contribution in [-0.2, 0) is 10.1 Å². The van der Waals surface area contributed by atoms with E-state index in [1.165, 1.54) is 0 Å². The maximum atomic E-state index is 9.21. The van der Waals surface area contributed by atoms with Crippen LogP contribution >= 0.6 is 0 Å². The second-order valence-electron chi connectivity index (χ2n) is 0.572. The Balaban J connectivity index is 0. The average Bonchev–Trinajstić information content (AvgIpc) is 1.35. The summed E-state index contributed by atoms with van der Waals surface area (Å²) < 4.78 is 27.6. The molecule has 5 heteroatoms. The van der Waals surface area contributed by atoms with Gasteiger partial charge in [0.15, 0.2) is 10.1 Å². The van der Waals surface area contributed by atoms with Crippen molar-refractivity contribution >= 4 is 10.1 Å². The molecule has 0 aliphatic carbocycles. The molecule has 0 radical (unpaired) electrons. The van der Waals surface area contributed by atoms with Crippen molar-refractivity contribution in [3.63, 3.8) is 0 Å². The van der Waals surface area contributed by atoms with Crippen LogP contribution < -0.4 is 29.6 Å². The Morgan fingerprint density at radius 3 is 1.71 bits per heavy atom. The van der Waals surface area contributed by atoms with E-state index in [4.69, 9.17) is 0 Å².